The van der Waals surface area contributed by atoms with E-state index in [1.165, 1.54) is 5.56 Å². The first-order chi connectivity index (χ1) is 9.19. The summed E-state index contributed by atoms with van der Waals surface area (Å²) in [5, 5.41) is 3.69. The molecule has 0 bridgehead atoms. The van der Waals surface area contributed by atoms with Crippen molar-refractivity contribution in [2.75, 3.05) is 5.32 Å². The first-order valence-corrected chi connectivity index (χ1v) is 7.30. The van der Waals surface area contributed by atoms with Crippen LogP contribution in [0.5, 0.6) is 0 Å². The van der Waals surface area contributed by atoms with Crippen LogP contribution in [0.1, 0.15) is 16.7 Å². The molecule has 2 nitrogen and oxygen atoms in total. The number of rotatable bonds is 4. The lowest BCUT2D eigenvalue weighted by Gasteiger charge is -2.09. The highest BCUT2D eigenvalue weighted by Gasteiger charge is 2.06. The molecule has 0 heterocycles. The van der Waals surface area contributed by atoms with Crippen molar-refractivity contribution in [2.45, 2.75) is 18.7 Å². The molecule has 98 valence electrons. The number of amides is 1. The summed E-state index contributed by atoms with van der Waals surface area (Å²) >= 11 is 3.42. The number of para-hydroxylation sites is 1. The molecular formula is C16H16BrNO. The Balaban J connectivity index is 2.05. The maximum Gasteiger partial charge on any atom is 0.228 e. The highest BCUT2D eigenvalue weighted by atomic mass is 79.9. The van der Waals surface area contributed by atoms with Gasteiger partial charge in [0, 0.05) is 11.0 Å². The predicted octanol–water partition coefficient (Wildman–Crippen LogP) is 4.07. The van der Waals surface area contributed by atoms with Gasteiger partial charge in [-0.25, -0.2) is 0 Å². The molecule has 1 amide bonds. The van der Waals surface area contributed by atoms with Crippen molar-refractivity contribution in [1.82, 2.24) is 0 Å². The van der Waals surface area contributed by atoms with Crippen LogP contribution in [0, 0.1) is 6.92 Å². The van der Waals surface area contributed by atoms with Gasteiger partial charge in [0.15, 0.2) is 0 Å². The Morgan fingerprint density at radius 1 is 1.16 bits per heavy atom. The van der Waals surface area contributed by atoms with Crippen molar-refractivity contribution < 1.29 is 4.79 Å². The molecule has 0 aliphatic carbocycles. The molecule has 0 aliphatic rings. The topological polar surface area (TPSA) is 29.1 Å². The van der Waals surface area contributed by atoms with Gasteiger partial charge in [-0.1, -0.05) is 64.0 Å². The summed E-state index contributed by atoms with van der Waals surface area (Å²) in [4.78, 5) is 12.0. The van der Waals surface area contributed by atoms with Crippen LogP contribution < -0.4 is 5.32 Å². The first-order valence-electron chi connectivity index (χ1n) is 6.18. The standard InChI is InChI=1S/C16H16BrNO/c1-12-5-4-6-13(9-12)10-16(19)18-15-8-3-2-7-14(15)11-17/h2-9H,10-11H2,1H3,(H,18,19). The second-order valence-electron chi connectivity index (χ2n) is 4.50. The van der Waals surface area contributed by atoms with Crippen molar-refractivity contribution >= 4 is 27.5 Å². The van der Waals surface area contributed by atoms with Crippen molar-refractivity contribution in [1.29, 1.82) is 0 Å². The number of hydrogen-bond acceptors (Lipinski definition) is 1. The lowest BCUT2D eigenvalue weighted by atomic mass is 10.1. The van der Waals surface area contributed by atoms with E-state index in [0.29, 0.717) is 6.42 Å². The van der Waals surface area contributed by atoms with E-state index in [1.807, 2.05) is 55.5 Å². The van der Waals surface area contributed by atoms with E-state index in [2.05, 4.69) is 21.2 Å². The normalized spacial score (nSPS) is 10.2. The average molecular weight is 318 g/mol. The maximum absolute atomic E-state index is 12.0. The van der Waals surface area contributed by atoms with Crippen LogP contribution in [-0.4, -0.2) is 5.91 Å². The Hall–Kier alpha value is -1.61. The zero-order chi connectivity index (χ0) is 13.7. The van der Waals surface area contributed by atoms with Gasteiger partial charge in [-0.2, -0.15) is 0 Å². The van der Waals surface area contributed by atoms with Gasteiger partial charge in [-0.3, -0.25) is 4.79 Å². The molecule has 2 aromatic rings. The molecule has 1 N–H and O–H groups in total. The van der Waals surface area contributed by atoms with Gasteiger partial charge in [0.2, 0.25) is 5.91 Å². The summed E-state index contributed by atoms with van der Waals surface area (Å²) in [6.07, 6.45) is 0.401. The van der Waals surface area contributed by atoms with Crippen molar-refractivity contribution in [3.8, 4) is 0 Å². The van der Waals surface area contributed by atoms with E-state index in [9.17, 15) is 4.79 Å². The van der Waals surface area contributed by atoms with Gasteiger partial charge in [0.05, 0.1) is 6.42 Å². The molecule has 0 atom stereocenters. The number of nitrogens with one attached hydrogen (secondary N) is 1. The quantitative estimate of drug-likeness (QED) is 0.846. The van der Waals surface area contributed by atoms with E-state index in [4.69, 9.17) is 0 Å². The van der Waals surface area contributed by atoms with Gasteiger partial charge in [-0.05, 0) is 24.1 Å². The molecule has 0 fully saturated rings. The van der Waals surface area contributed by atoms with Gasteiger partial charge >= 0.3 is 0 Å². The van der Waals surface area contributed by atoms with Gasteiger partial charge in [0.1, 0.15) is 0 Å². The maximum atomic E-state index is 12.0. The Labute approximate surface area is 122 Å². The van der Waals surface area contributed by atoms with E-state index < -0.39 is 0 Å². The zero-order valence-corrected chi connectivity index (χ0v) is 12.4. The summed E-state index contributed by atoms with van der Waals surface area (Å²) in [5.74, 6) is 0.0130. The summed E-state index contributed by atoms with van der Waals surface area (Å²) < 4.78 is 0. The van der Waals surface area contributed by atoms with E-state index in [-0.39, 0.29) is 5.91 Å². The molecule has 19 heavy (non-hydrogen) atoms. The number of aryl methyl sites for hydroxylation is 1. The SMILES string of the molecule is Cc1cccc(CC(=O)Nc2ccccc2CBr)c1. The Kier molecular flexibility index (Phi) is 4.74. The van der Waals surface area contributed by atoms with Crippen LogP contribution in [0.25, 0.3) is 0 Å². The number of halogens is 1. The third-order valence-electron chi connectivity index (χ3n) is 2.88. The van der Waals surface area contributed by atoms with Crippen LogP contribution in [0.15, 0.2) is 48.5 Å². The molecule has 2 rings (SSSR count). The van der Waals surface area contributed by atoms with Gasteiger partial charge < -0.3 is 5.32 Å². The minimum absolute atomic E-state index is 0.0130. The van der Waals surface area contributed by atoms with Crippen LogP contribution >= 0.6 is 15.9 Å². The third kappa shape index (κ3) is 3.93. The average Bonchev–Trinajstić information content (AvgIpc) is 2.39. The predicted molar refractivity (Wildman–Crippen MR) is 82.6 cm³/mol. The number of carbonyl (C=O) groups excluding carboxylic acids is 1. The molecular weight excluding hydrogens is 302 g/mol. The van der Waals surface area contributed by atoms with Crippen molar-refractivity contribution in [2.24, 2.45) is 0 Å². The first kappa shape index (κ1) is 13.8. The zero-order valence-electron chi connectivity index (χ0n) is 10.8. The Morgan fingerprint density at radius 2 is 1.95 bits per heavy atom. The number of alkyl halides is 1. The number of anilines is 1. The Morgan fingerprint density at radius 3 is 2.68 bits per heavy atom. The second kappa shape index (κ2) is 6.53. The molecule has 0 aromatic heterocycles. The second-order valence-corrected chi connectivity index (χ2v) is 5.07. The largest absolute Gasteiger partial charge is 0.326 e. The van der Waals surface area contributed by atoms with Crippen LogP contribution in [0.2, 0.25) is 0 Å². The number of benzene rings is 2. The van der Waals surface area contributed by atoms with E-state index in [1.54, 1.807) is 0 Å². The minimum atomic E-state index is 0.0130. The molecule has 2 aromatic carbocycles. The molecule has 0 spiro atoms. The monoisotopic (exact) mass is 317 g/mol. The molecule has 0 unspecified atom stereocenters. The van der Waals surface area contributed by atoms with Crippen molar-refractivity contribution in [3.05, 3.63) is 65.2 Å². The smallest absolute Gasteiger partial charge is 0.228 e. The molecule has 3 heteroatoms. The van der Waals surface area contributed by atoms with Crippen LogP contribution in [0.3, 0.4) is 0 Å². The Bertz CT molecular complexity index is 580. The highest BCUT2D eigenvalue weighted by Crippen LogP contribution is 2.18. The lowest BCUT2D eigenvalue weighted by Crippen LogP contribution is -2.15. The van der Waals surface area contributed by atoms with Gasteiger partial charge in [-0.15, -0.1) is 0 Å². The van der Waals surface area contributed by atoms with E-state index in [0.717, 1.165) is 22.1 Å². The number of carbonyl (C=O) groups is 1. The summed E-state index contributed by atoms with van der Waals surface area (Å²) in [6, 6.07) is 15.8. The minimum Gasteiger partial charge on any atom is -0.326 e. The summed E-state index contributed by atoms with van der Waals surface area (Å²) in [6.45, 7) is 2.03. The third-order valence-corrected chi connectivity index (χ3v) is 3.49. The van der Waals surface area contributed by atoms with E-state index >= 15 is 0 Å². The summed E-state index contributed by atoms with van der Waals surface area (Å²) in [5.41, 5.74) is 4.16. The molecule has 0 radical (unpaired) electrons. The fourth-order valence-corrected chi connectivity index (χ4v) is 2.45. The molecule has 0 aliphatic heterocycles. The van der Waals surface area contributed by atoms with Crippen molar-refractivity contribution in [3.63, 3.8) is 0 Å². The summed E-state index contributed by atoms with van der Waals surface area (Å²) in [7, 11) is 0. The van der Waals surface area contributed by atoms with Crippen LogP contribution in [0.4, 0.5) is 5.69 Å². The fraction of sp³-hybridized carbons (Fsp3) is 0.188. The molecule has 0 saturated heterocycles. The highest BCUT2D eigenvalue weighted by molar-refractivity contribution is 9.08. The van der Waals surface area contributed by atoms with Gasteiger partial charge in [0.25, 0.3) is 0 Å². The fourth-order valence-electron chi connectivity index (χ4n) is 1.96. The number of hydrogen-bond donors (Lipinski definition) is 1. The van der Waals surface area contributed by atoms with Crippen LogP contribution in [-0.2, 0) is 16.5 Å². The lowest BCUT2D eigenvalue weighted by molar-refractivity contribution is -0.115. The molecule has 0 saturated carbocycles.